The molecule has 2 rings (SSSR count). The van der Waals surface area contributed by atoms with Gasteiger partial charge in [0.2, 0.25) is 0 Å². The van der Waals surface area contributed by atoms with Gasteiger partial charge in [-0.15, -0.1) is 0 Å². The first-order valence-electron chi connectivity index (χ1n) is 6.41. The summed E-state index contributed by atoms with van der Waals surface area (Å²) in [5.41, 5.74) is -0.833. The molecular formula is C17H13F2NO. The van der Waals surface area contributed by atoms with Crippen molar-refractivity contribution in [1.82, 2.24) is 0 Å². The van der Waals surface area contributed by atoms with Gasteiger partial charge in [-0.25, -0.2) is 8.78 Å². The first-order chi connectivity index (χ1) is 9.99. The molecule has 0 bridgehead atoms. The molecule has 0 aliphatic carbocycles. The van der Waals surface area contributed by atoms with Crippen LogP contribution in [0.25, 0.3) is 0 Å². The molecule has 0 fully saturated rings. The molecule has 0 aliphatic heterocycles. The Labute approximate surface area is 121 Å². The zero-order valence-electron chi connectivity index (χ0n) is 11.4. The summed E-state index contributed by atoms with van der Waals surface area (Å²) in [6.45, 7) is 1.30. The van der Waals surface area contributed by atoms with Gasteiger partial charge in [0.1, 0.15) is 17.0 Å². The van der Waals surface area contributed by atoms with E-state index in [4.69, 9.17) is 0 Å². The van der Waals surface area contributed by atoms with E-state index in [1.54, 1.807) is 30.3 Å². The molecule has 0 saturated heterocycles. The monoisotopic (exact) mass is 285 g/mol. The molecular weight excluding hydrogens is 272 g/mol. The third kappa shape index (κ3) is 2.82. The van der Waals surface area contributed by atoms with Crippen molar-refractivity contribution in [3.63, 3.8) is 0 Å². The number of rotatable bonds is 4. The number of Topliss-reactive ketones (excluding diaryl/α,β-unsaturated/α-hetero) is 1. The largest absolute Gasteiger partial charge is 0.298 e. The highest BCUT2D eigenvalue weighted by molar-refractivity contribution is 5.91. The summed E-state index contributed by atoms with van der Waals surface area (Å²) in [4.78, 5) is 12.1. The summed E-state index contributed by atoms with van der Waals surface area (Å²) in [5.74, 6) is -1.83. The Morgan fingerprint density at radius 1 is 1.19 bits per heavy atom. The number of carbonyl (C=O) groups excluding carboxylic acids is 1. The van der Waals surface area contributed by atoms with E-state index in [9.17, 15) is 18.8 Å². The molecule has 2 aromatic carbocycles. The van der Waals surface area contributed by atoms with Gasteiger partial charge >= 0.3 is 0 Å². The molecule has 21 heavy (non-hydrogen) atoms. The van der Waals surface area contributed by atoms with Crippen LogP contribution in [0.15, 0.2) is 48.5 Å². The van der Waals surface area contributed by atoms with Gasteiger partial charge in [0.15, 0.2) is 5.78 Å². The van der Waals surface area contributed by atoms with Crippen molar-refractivity contribution < 1.29 is 13.6 Å². The predicted molar refractivity (Wildman–Crippen MR) is 74.5 cm³/mol. The van der Waals surface area contributed by atoms with E-state index < -0.39 is 17.0 Å². The van der Waals surface area contributed by atoms with Crippen LogP contribution in [0, 0.1) is 23.0 Å². The smallest absolute Gasteiger partial charge is 0.154 e. The third-order valence-corrected chi connectivity index (χ3v) is 3.53. The molecule has 106 valence electrons. The molecule has 1 atom stereocenters. The van der Waals surface area contributed by atoms with Gasteiger partial charge in [-0.05, 0) is 24.1 Å². The molecule has 2 nitrogen and oxygen atoms in total. The average molecular weight is 285 g/mol. The lowest BCUT2D eigenvalue weighted by Crippen LogP contribution is -2.35. The number of benzene rings is 2. The molecule has 4 heteroatoms. The predicted octanol–water partition coefficient (Wildman–Crippen LogP) is 3.56. The van der Waals surface area contributed by atoms with Crippen LogP contribution in [-0.4, -0.2) is 5.78 Å². The van der Waals surface area contributed by atoms with Crippen molar-refractivity contribution in [2.45, 2.75) is 18.8 Å². The van der Waals surface area contributed by atoms with Crippen LogP contribution in [0.2, 0.25) is 0 Å². The van der Waals surface area contributed by atoms with Crippen molar-refractivity contribution in [2.24, 2.45) is 0 Å². The highest BCUT2D eigenvalue weighted by Gasteiger charge is 2.38. The summed E-state index contributed by atoms with van der Waals surface area (Å²) in [6, 6.07) is 13.7. The lowest BCUT2D eigenvalue weighted by molar-refractivity contribution is -0.120. The number of hydrogen-bond acceptors (Lipinski definition) is 2. The van der Waals surface area contributed by atoms with Crippen LogP contribution >= 0.6 is 0 Å². The first kappa shape index (κ1) is 14.9. The van der Waals surface area contributed by atoms with Crippen LogP contribution < -0.4 is 0 Å². The summed E-state index contributed by atoms with van der Waals surface area (Å²) in [7, 11) is 0. The summed E-state index contributed by atoms with van der Waals surface area (Å²) >= 11 is 0. The fourth-order valence-electron chi connectivity index (χ4n) is 2.29. The number of ketones is 1. The lowest BCUT2D eigenvalue weighted by atomic mass is 9.74. The van der Waals surface area contributed by atoms with Crippen molar-refractivity contribution >= 4 is 5.78 Å². The molecule has 0 heterocycles. The summed E-state index contributed by atoms with van der Waals surface area (Å²) in [5, 5.41) is 9.54. The Morgan fingerprint density at radius 2 is 1.86 bits per heavy atom. The lowest BCUT2D eigenvalue weighted by Gasteiger charge is -2.24. The number of hydrogen-bond donors (Lipinski definition) is 0. The summed E-state index contributed by atoms with van der Waals surface area (Å²) in [6.07, 6.45) is -0.130. The topological polar surface area (TPSA) is 40.9 Å². The van der Waals surface area contributed by atoms with E-state index >= 15 is 0 Å². The van der Waals surface area contributed by atoms with Crippen LogP contribution in [0.5, 0.6) is 0 Å². The van der Waals surface area contributed by atoms with E-state index in [0.717, 1.165) is 12.1 Å². The second kappa shape index (κ2) is 5.84. The second-order valence-corrected chi connectivity index (χ2v) is 4.85. The zero-order chi connectivity index (χ0) is 15.5. The number of nitrogens with zero attached hydrogens (tertiary/aromatic N) is 1. The Bertz CT molecular complexity index is 706. The molecule has 0 saturated carbocycles. The van der Waals surface area contributed by atoms with Crippen molar-refractivity contribution in [3.8, 4) is 6.07 Å². The maximum atomic E-state index is 13.8. The maximum Gasteiger partial charge on any atom is 0.154 e. The van der Waals surface area contributed by atoms with Crippen molar-refractivity contribution in [1.29, 1.82) is 5.26 Å². The van der Waals surface area contributed by atoms with E-state index in [-0.39, 0.29) is 17.8 Å². The Morgan fingerprint density at radius 3 is 2.38 bits per heavy atom. The maximum absolute atomic E-state index is 13.8. The number of carbonyl (C=O) groups is 1. The highest BCUT2D eigenvalue weighted by atomic mass is 19.1. The molecule has 0 amide bonds. The Balaban J connectivity index is 2.52. The van der Waals surface area contributed by atoms with Crippen LogP contribution in [0.4, 0.5) is 8.78 Å². The minimum absolute atomic E-state index is 0.130. The first-order valence-corrected chi connectivity index (χ1v) is 6.41. The molecule has 0 spiro atoms. The quantitative estimate of drug-likeness (QED) is 0.861. The Hall–Kier alpha value is -2.54. The zero-order valence-corrected chi connectivity index (χ0v) is 11.4. The summed E-state index contributed by atoms with van der Waals surface area (Å²) < 4.78 is 26.8. The standard InChI is InChI=1S/C17H13F2NO/c1-12(21)17(11-20,14-5-3-2-4-6-14)10-13-7-8-15(18)9-16(13)19/h2-9H,10H2,1H3. The SMILES string of the molecule is CC(=O)C(C#N)(Cc1ccc(F)cc1F)c1ccccc1. The minimum atomic E-state index is -1.47. The van der Waals surface area contributed by atoms with Crippen LogP contribution in [0.1, 0.15) is 18.1 Å². The van der Waals surface area contributed by atoms with Gasteiger partial charge in [-0.1, -0.05) is 36.4 Å². The second-order valence-electron chi connectivity index (χ2n) is 4.85. The van der Waals surface area contributed by atoms with Gasteiger partial charge < -0.3 is 0 Å². The average Bonchev–Trinajstić information content (AvgIpc) is 2.47. The highest BCUT2D eigenvalue weighted by Crippen LogP contribution is 2.30. The molecule has 1 unspecified atom stereocenters. The van der Waals surface area contributed by atoms with E-state index in [1.807, 2.05) is 6.07 Å². The van der Waals surface area contributed by atoms with E-state index in [2.05, 4.69) is 0 Å². The van der Waals surface area contributed by atoms with Crippen molar-refractivity contribution in [3.05, 3.63) is 71.3 Å². The van der Waals surface area contributed by atoms with Gasteiger partial charge in [0, 0.05) is 12.5 Å². The molecule has 0 aromatic heterocycles. The van der Waals surface area contributed by atoms with Gasteiger partial charge in [-0.3, -0.25) is 4.79 Å². The molecule has 2 aromatic rings. The van der Waals surface area contributed by atoms with E-state index in [1.165, 1.54) is 13.0 Å². The molecule has 0 radical (unpaired) electrons. The fourth-order valence-corrected chi connectivity index (χ4v) is 2.29. The molecule has 0 aliphatic rings. The minimum Gasteiger partial charge on any atom is -0.298 e. The number of halogens is 2. The van der Waals surface area contributed by atoms with E-state index in [0.29, 0.717) is 5.56 Å². The fraction of sp³-hybridized carbons (Fsp3) is 0.176. The van der Waals surface area contributed by atoms with Crippen molar-refractivity contribution in [2.75, 3.05) is 0 Å². The van der Waals surface area contributed by atoms with Gasteiger partial charge in [0.05, 0.1) is 6.07 Å². The van der Waals surface area contributed by atoms with Gasteiger partial charge in [-0.2, -0.15) is 5.26 Å². The third-order valence-electron chi connectivity index (χ3n) is 3.53. The normalized spacial score (nSPS) is 13.2. The Kier molecular flexibility index (Phi) is 4.13. The van der Waals surface area contributed by atoms with Crippen LogP contribution in [0.3, 0.4) is 0 Å². The molecule has 0 N–H and O–H groups in total. The number of nitriles is 1. The van der Waals surface area contributed by atoms with Gasteiger partial charge in [0.25, 0.3) is 0 Å². The van der Waals surface area contributed by atoms with Crippen LogP contribution in [-0.2, 0) is 16.6 Å².